The van der Waals surface area contributed by atoms with Crippen LogP contribution >= 0.6 is 0 Å². The van der Waals surface area contributed by atoms with Crippen LogP contribution in [0.3, 0.4) is 0 Å². The number of guanidine groups is 2. The molecule has 3 aromatic rings. The smallest absolute Gasteiger partial charge is 0.421 e. The fourth-order valence-electron chi connectivity index (χ4n) is 5.97. The van der Waals surface area contributed by atoms with E-state index in [9.17, 15) is 33.9 Å². The number of carbonyl (C=O) groups excluding carboxylic acids is 5. The number of rotatable bonds is 15. The van der Waals surface area contributed by atoms with Gasteiger partial charge in [0.15, 0.2) is 5.96 Å². The summed E-state index contributed by atoms with van der Waals surface area (Å²) in [5.41, 5.74) is 18.1. The van der Waals surface area contributed by atoms with Crippen LogP contribution in [0.1, 0.15) is 39.1 Å². The quantitative estimate of drug-likeness (QED) is 0.0640. The Morgan fingerprint density at radius 2 is 1.55 bits per heavy atom. The van der Waals surface area contributed by atoms with Crippen molar-refractivity contribution < 1.29 is 43.3 Å². The summed E-state index contributed by atoms with van der Waals surface area (Å²) in [5, 5.41) is 22.7. The van der Waals surface area contributed by atoms with Crippen LogP contribution in [0.2, 0.25) is 0 Å². The molecular weight excluding hydrogens is 728 g/mol. The lowest BCUT2D eigenvalue weighted by molar-refractivity contribution is -0.156. The molecule has 2 atom stereocenters. The summed E-state index contributed by atoms with van der Waals surface area (Å²) in [6, 6.07) is 16.3. The Hall–Kier alpha value is -7.18. The number of carboxylic acids is 1. The second-order valence-electron chi connectivity index (χ2n) is 12.5. The number of benzene rings is 3. The van der Waals surface area contributed by atoms with Crippen LogP contribution in [-0.4, -0.2) is 115 Å². The second kappa shape index (κ2) is 19.2. The van der Waals surface area contributed by atoms with Crippen LogP contribution in [0.25, 0.3) is 0 Å². The molecule has 4 rings (SSSR count). The third-order valence-electron chi connectivity index (χ3n) is 8.71. The number of hydrogen-bond donors (Lipinski definition) is 7. The lowest BCUT2D eigenvalue weighted by Gasteiger charge is -2.41. The van der Waals surface area contributed by atoms with Crippen molar-refractivity contribution in [1.29, 1.82) is 5.41 Å². The number of hydrogen-bond acceptors (Lipinski definition) is 10. The number of ether oxygens (including phenoxy) is 2. The minimum Gasteiger partial charge on any atom is -0.497 e. The van der Waals surface area contributed by atoms with Gasteiger partial charge >= 0.3 is 12.1 Å². The zero-order valence-corrected chi connectivity index (χ0v) is 30.8. The minimum absolute atomic E-state index is 0.0153. The molecule has 1 aliphatic rings. The van der Waals surface area contributed by atoms with Crippen molar-refractivity contribution in [1.82, 2.24) is 20.4 Å². The van der Waals surface area contributed by atoms with E-state index in [2.05, 4.69) is 20.4 Å². The van der Waals surface area contributed by atoms with E-state index >= 15 is 0 Å². The van der Waals surface area contributed by atoms with Gasteiger partial charge in [0.05, 0.1) is 25.6 Å². The number of nitrogens with one attached hydrogen (secondary N) is 3. The van der Waals surface area contributed by atoms with Gasteiger partial charge in [-0.25, -0.2) is 14.7 Å². The highest BCUT2D eigenvalue weighted by molar-refractivity contribution is 6.12. The van der Waals surface area contributed by atoms with E-state index in [0.29, 0.717) is 22.6 Å². The monoisotopic (exact) mass is 772 g/mol. The van der Waals surface area contributed by atoms with Gasteiger partial charge in [0, 0.05) is 37.2 Å². The highest BCUT2D eigenvalue weighted by Crippen LogP contribution is 2.21. The largest absolute Gasteiger partial charge is 0.497 e. The van der Waals surface area contributed by atoms with Gasteiger partial charge in [-0.05, 0) is 79.1 Å². The molecule has 19 nitrogen and oxygen atoms in total. The number of nitrogens with zero attached hydrogens (tertiary/aromatic N) is 4. The first-order valence-electron chi connectivity index (χ1n) is 17.3. The molecule has 0 spiro atoms. The predicted octanol–water partition coefficient (Wildman–Crippen LogP) is 0.742. The van der Waals surface area contributed by atoms with Gasteiger partial charge in [-0.2, -0.15) is 0 Å². The first-order valence-corrected chi connectivity index (χ1v) is 17.3. The van der Waals surface area contributed by atoms with E-state index < -0.39 is 60.3 Å². The zero-order valence-electron chi connectivity index (χ0n) is 30.8. The normalized spacial score (nSPS) is 14.2. The van der Waals surface area contributed by atoms with Crippen molar-refractivity contribution in [3.05, 3.63) is 89.5 Å². The predicted molar refractivity (Wildman–Crippen MR) is 204 cm³/mol. The van der Waals surface area contributed by atoms with Gasteiger partial charge < -0.3 is 52.2 Å². The maximum absolute atomic E-state index is 14.4. The summed E-state index contributed by atoms with van der Waals surface area (Å²) >= 11 is 0. The summed E-state index contributed by atoms with van der Waals surface area (Å²) < 4.78 is 9.93. The summed E-state index contributed by atoms with van der Waals surface area (Å²) in [7, 11) is 2.63. The standard InChI is InChI=1S/C37H44N10O9/c1-55-27-15-5-22(6-16-27)20-28(44-32(51)24-9-13-26(14-10-24)47(36(40)41)37(54)56-2)33(52)46-19-18-45(21-30(48)49)34(53)29(46)4-3-17-42-31(50)23-7-11-25(12-8-23)43-35(38)39/h5-16,28-29H,3-4,17-21H2,1-2H3,(H3,40,41)(H,42,50)(H,44,51)(H,48,49)(H4,38,39,43)/t28?,29-/m0/s1. The molecule has 56 heavy (non-hydrogen) atoms. The van der Waals surface area contributed by atoms with E-state index in [4.69, 9.17) is 27.3 Å². The number of carbonyl (C=O) groups is 6. The molecular formula is C37H44N10O9. The van der Waals surface area contributed by atoms with Gasteiger partial charge in [-0.3, -0.25) is 29.4 Å². The molecule has 1 fully saturated rings. The average molecular weight is 773 g/mol. The van der Waals surface area contributed by atoms with E-state index in [1.807, 2.05) is 0 Å². The number of aliphatic imine (C=N–C) groups is 1. The summed E-state index contributed by atoms with van der Waals surface area (Å²) in [6.07, 6.45) is -0.586. The lowest BCUT2D eigenvalue weighted by atomic mass is 9.99. The molecule has 10 N–H and O–H groups in total. The number of carboxylic acid groups (broad SMARTS) is 1. The SMILES string of the molecule is COC(=O)N(C(=N)N)c1ccc(C(=O)NC(Cc2ccc(OC)cc2)C(=O)N2CCN(CC(=O)O)C(=O)[C@@H]2CCCNC(=O)c2ccc(N=C(N)N)cc2)cc1. The number of methoxy groups -OCH3 is 2. The van der Waals surface area contributed by atoms with Gasteiger partial charge in [-0.15, -0.1) is 0 Å². The fraction of sp³-hybridized carbons (Fsp3) is 0.297. The molecule has 0 aromatic heterocycles. The molecule has 3 aromatic carbocycles. The molecule has 0 aliphatic carbocycles. The van der Waals surface area contributed by atoms with Crippen LogP contribution < -0.4 is 37.5 Å². The zero-order chi connectivity index (χ0) is 40.9. The molecule has 296 valence electrons. The fourth-order valence-corrected chi connectivity index (χ4v) is 5.97. The molecule has 0 radical (unpaired) electrons. The minimum atomic E-state index is -1.22. The van der Waals surface area contributed by atoms with E-state index in [1.54, 1.807) is 48.5 Å². The molecule has 1 heterocycles. The molecule has 1 unspecified atom stereocenters. The Kier molecular flexibility index (Phi) is 14.3. The number of amides is 5. The molecule has 0 saturated carbocycles. The van der Waals surface area contributed by atoms with Crippen LogP contribution in [0.4, 0.5) is 16.2 Å². The lowest BCUT2D eigenvalue weighted by Crippen LogP contribution is -2.63. The third-order valence-corrected chi connectivity index (χ3v) is 8.71. The number of nitrogens with two attached hydrogens (primary N) is 3. The van der Waals surface area contributed by atoms with Crippen molar-refractivity contribution in [3.63, 3.8) is 0 Å². The first-order chi connectivity index (χ1) is 26.7. The van der Waals surface area contributed by atoms with Gasteiger partial charge in [-0.1, -0.05) is 12.1 Å². The van der Waals surface area contributed by atoms with Crippen molar-refractivity contribution >= 4 is 59.0 Å². The van der Waals surface area contributed by atoms with Crippen LogP contribution in [0.15, 0.2) is 77.8 Å². The molecule has 0 bridgehead atoms. The Labute approximate surface area is 321 Å². The Balaban J connectivity index is 1.55. The third kappa shape index (κ3) is 10.9. The van der Waals surface area contributed by atoms with Crippen molar-refractivity contribution in [2.75, 3.05) is 45.3 Å². The highest BCUT2D eigenvalue weighted by Gasteiger charge is 2.40. The van der Waals surface area contributed by atoms with Crippen molar-refractivity contribution in [2.24, 2.45) is 22.2 Å². The van der Waals surface area contributed by atoms with Gasteiger partial charge in [0.2, 0.25) is 17.8 Å². The van der Waals surface area contributed by atoms with Crippen LogP contribution in [-0.2, 0) is 25.5 Å². The molecule has 1 saturated heterocycles. The van der Waals surface area contributed by atoms with Gasteiger partial charge in [0.1, 0.15) is 24.4 Å². The summed E-state index contributed by atoms with van der Waals surface area (Å²) in [4.78, 5) is 85.6. The van der Waals surface area contributed by atoms with Crippen LogP contribution in [0.5, 0.6) is 5.75 Å². The topological polar surface area (TPSA) is 289 Å². The van der Waals surface area contributed by atoms with Gasteiger partial charge in [0.25, 0.3) is 11.8 Å². The number of piperazine rings is 1. The first kappa shape index (κ1) is 41.6. The number of anilines is 1. The van der Waals surface area contributed by atoms with E-state index in [0.717, 1.165) is 16.9 Å². The molecule has 5 amide bonds. The molecule has 1 aliphatic heterocycles. The maximum Gasteiger partial charge on any atom is 0.421 e. The van der Waals surface area contributed by atoms with E-state index in [-0.39, 0.29) is 56.1 Å². The Morgan fingerprint density at radius 1 is 0.929 bits per heavy atom. The van der Waals surface area contributed by atoms with E-state index in [1.165, 1.54) is 36.3 Å². The summed E-state index contributed by atoms with van der Waals surface area (Å²) in [5.74, 6) is -3.61. The van der Waals surface area contributed by atoms with Crippen LogP contribution in [0, 0.1) is 5.41 Å². The Morgan fingerprint density at radius 3 is 2.12 bits per heavy atom. The maximum atomic E-state index is 14.4. The molecule has 19 heteroatoms. The number of aliphatic carboxylic acids is 1. The van der Waals surface area contributed by atoms with Crippen molar-refractivity contribution in [3.8, 4) is 5.75 Å². The average Bonchev–Trinajstić information content (AvgIpc) is 3.17. The van der Waals surface area contributed by atoms with Crippen molar-refractivity contribution in [2.45, 2.75) is 31.3 Å². The second-order valence-corrected chi connectivity index (χ2v) is 12.5. The highest BCUT2D eigenvalue weighted by atomic mass is 16.5. The Bertz CT molecular complexity index is 1950. The summed E-state index contributed by atoms with van der Waals surface area (Å²) in [6.45, 7) is -0.520.